The number of nitrogen functional groups attached to an aromatic ring is 1. The van der Waals surface area contributed by atoms with Crippen LogP contribution < -0.4 is 11.1 Å². The van der Waals surface area contributed by atoms with Crippen molar-refractivity contribution in [1.82, 2.24) is 5.32 Å². The highest BCUT2D eigenvalue weighted by atomic mass is 16.1. The zero-order valence-corrected chi connectivity index (χ0v) is 9.57. The number of carbonyl (C=O) groups excluding carboxylic acids is 1. The van der Waals surface area contributed by atoms with Crippen LogP contribution in [0.4, 0.5) is 5.69 Å². The Kier molecular flexibility index (Phi) is 4.58. The van der Waals surface area contributed by atoms with Gasteiger partial charge < -0.3 is 11.1 Å². The van der Waals surface area contributed by atoms with E-state index >= 15 is 0 Å². The number of nitrogens with one attached hydrogen (secondary N) is 1. The molecule has 1 aromatic rings. The summed E-state index contributed by atoms with van der Waals surface area (Å²) in [7, 11) is 0. The summed E-state index contributed by atoms with van der Waals surface area (Å²) in [6, 6.07) is 7.50. The molecule has 16 heavy (non-hydrogen) atoms. The fraction of sp³-hybridized carbons (Fsp3) is 0.308. The fourth-order valence-corrected chi connectivity index (χ4v) is 1.52. The highest BCUT2D eigenvalue weighted by Crippen LogP contribution is 2.07. The van der Waals surface area contributed by atoms with Crippen molar-refractivity contribution in [2.24, 2.45) is 0 Å². The lowest BCUT2D eigenvalue weighted by Gasteiger charge is -2.11. The van der Waals surface area contributed by atoms with Crippen molar-refractivity contribution in [3.8, 4) is 0 Å². The maximum atomic E-state index is 11.6. The Bertz CT molecular complexity index is 374. The minimum atomic E-state index is 0.0138. The summed E-state index contributed by atoms with van der Waals surface area (Å²) in [4.78, 5) is 11.6. The molecule has 0 bridgehead atoms. The van der Waals surface area contributed by atoms with Gasteiger partial charge in [-0.25, -0.2) is 0 Å². The third-order valence-corrected chi connectivity index (χ3v) is 2.24. The second-order valence-corrected chi connectivity index (χ2v) is 3.91. The molecule has 1 aromatic carbocycles. The summed E-state index contributed by atoms with van der Waals surface area (Å²) >= 11 is 0. The van der Waals surface area contributed by atoms with Gasteiger partial charge in [0.05, 0.1) is 6.42 Å². The van der Waals surface area contributed by atoms with Crippen LogP contribution in [0.2, 0.25) is 0 Å². The number of carbonyl (C=O) groups is 1. The van der Waals surface area contributed by atoms with Gasteiger partial charge in [0.25, 0.3) is 0 Å². The molecule has 0 fully saturated rings. The standard InChI is InChI=1S/C13H18N2O/c1-3-5-10(2)15-13(16)9-11-6-4-7-12(14)8-11/h3-4,6-8,10H,1,5,9,14H2,2H3,(H,15,16)/t10-/m1/s1. The highest BCUT2D eigenvalue weighted by molar-refractivity contribution is 5.79. The van der Waals surface area contributed by atoms with Crippen LogP contribution in [0.1, 0.15) is 18.9 Å². The lowest BCUT2D eigenvalue weighted by molar-refractivity contribution is -0.121. The number of amides is 1. The zero-order chi connectivity index (χ0) is 12.0. The van der Waals surface area contributed by atoms with E-state index in [9.17, 15) is 4.79 Å². The quantitative estimate of drug-likeness (QED) is 0.585. The molecule has 86 valence electrons. The first-order valence-corrected chi connectivity index (χ1v) is 5.36. The molecule has 0 aliphatic rings. The predicted molar refractivity (Wildman–Crippen MR) is 67.0 cm³/mol. The van der Waals surface area contributed by atoms with Crippen LogP contribution in [0.5, 0.6) is 0 Å². The number of nitrogens with two attached hydrogens (primary N) is 1. The molecular formula is C13H18N2O. The Morgan fingerprint density at radius 1 is 1.62 bits per heavy atom. The number of hydrogen-bond acceptors (Lipinski definition) is 2. The van der Waals surface area contributed by atoms with Crippen LogP contribution in [-0.4, -0.2) is 11.9 Å². The predicted octanol–water partition coefficient (Wildman–Crippen LogP) is 1.89. The summed E-state index contributed by atoms with van der Waals surface area (Å²) < 4.78 is 0. The molecule has 3 N–H and O–H groups in total. The minimum absolute atomic E-state index is 0.0138. The Labute approximate surface area is 96.3 Å². The molecular weight excluding hydrogens is 200 g/mol. The molecule has 0 heterocycles. The van der Waals surface area contributed by atoms with E-state index in [1.165, 1.54) is 0 Å². The Morgan fingerprint density at radius 3 is 3.00 bits per heavy atom. The van der Waals surface area contributed by atoms with Gasteiger partial charge in [-0.3, -0.25) is 4.79 Å². The van der Waals surface area contributed by atoms with E-state index in [0.717, 1.165) is 12.0 Å². The van der Waals surface area contributed by atoms with Crippen LogP contribution in [0, 0.1) is 0 Å². The maximum Gasteiger partial charge on any atom is 0.224 e. The zero-order valence-electron chi connectivity index (χ0n) is 9.57. The Morgan fingerprint density at radius 2 is 2.38 bits per heavy atom. The van der Waals surface area contributed by atoms with E-state index in [-0.39, 0.29) is 11.9 Å². The van der Waals surface area contributed by atoms with E-state index < -0.39 is 0 Å². The second kappa shape index (κ2) is 5.95. The van der Waals surface area contributed by atoms with Gasteiger partial charge in [-0.2, -0.15) is 0 Å². The molecule has 0 aromatic heterocycles. The first kappa shape index (κ1) is 12.3. The molecule has 0 aliphatic carbocycles. The third kappa shape index (κ3) is 4.17. The van der Waals surface area contributed by atoms with E-state index in [2.05, 4.69) is 11.9 Å². The molecule has 0 aliphatic heterocycles. The molecule has 0 saturated heterocycles. The van der Waals surface area contributed by atoms with Gasteiger partial charge in [-0.05, 0) is 31.0 Å². The molecule has 1 amide bonds. The lowest BCUT2D eigenvalue weighted by Crippen LogP contribution is -2.33. The minimum Gasteiger partial charge on any atom is -0.399 e. The number of anilines is 1. The van der Waals surface area contributed by atoms with Crippen molar-refractivity contribution >= 4 is 11.6 Å². The molecule has 0 unspecified atom stereocenters. The van der Waals surface area contributed by atoms with Crippen LogP contribution in [0.25, 0.3) is 0 Å². The number of benzene rings is 1. The average Bonchev–Trinajstić information content (AvgIpc) is 2.17. The summed E-state index contributed by atoms with van der Waals surface area (Å²) in [5.41, 5.74) is 7.26. The van der Waals surface area contributed by atoms with Crippen molar-refractivity contribution in [3.05, 3.63) is 42.5 Å². The van der Waals surface area contributed by atoms with Crippen molar-refractivity contribution < 1.29 is 4.79 Å². The molecule has 0 saturated carbocycles. The van der Waals surface area contributed by atoms with E-state index in [1.54, 1.807) is 6.08 Å². The first-order chi connectivity index (χ1) is 7.61. The number of hydrogen-bond donors (Lipinski definition) is 2. The Balaban J connectivity index is 2.48. The van der Waals surface area contributed by atoms with Gasteiger partial charge in [0.2, 0.25) is 5.91 Å². The largest absolute Gasteiger partial charge is 0.399 e. The van der Waals surface area contributed by atoms with Gasteiger partial charge >= 0.3 is 0 Å². The Hall–Kier alpha value is -1.77. The van der Waals surface area contributed by atoms with Gasteiger partial charge in [-0.1, -0.05) is 18.2 Å². The van der Waals surface area contributed by atoms with Crippen LogP contribution in [0.3, 0.4) is 0 Å². The topological polar surface area (TPSA) is 55.1 Å². The summed E-state index contributed by atoms with van der Waals surface area (Å²) in [5, 5.41) is 2.90. The highest BCUT2D eigenvalue weighted by Gasteiger charge is 2.06. The molecule has 3 heteroatoms. The number of rotatable bonds is 5. The third-order valence-electron chi connectivity index (χ3n) is 2.24. The van der Waals surface area contributed by atoms with E-state index in [4.69, 9.17) is 5.73 Å². The molecule has 1 rings (SSSR count). The fourth-order valence-electron chi connectivity index (χ4n) is 1.52. The van der Waals surface area contributed by atoms with Crippen LogP contribution in [-0.2, 0) is 11.2 Å². The van der Waals surface area contributed by atoms with Crippen LogP contribution in [0.15, 0.2) is 36.9 Å². The van der Waals surface area contributed by atoms with Crippen molar-refractivity contribution in [2.75, 3.05) is 5.73 Å². The van der Waals surface area contributed by atoms with Gasteiger partial charge in [-0.15, -0.1) is 6.58 Å². The smallest absolute Gasteiger partial charge is 0.224 e. The first-order valence-electron chi connectivity index (χ1n) is 5.36. The molecule has 0 spiro atoms. The SMILES string of the molecule is C=CC[C@@H](C)NC(=O)Cc1cccc(N)c1. The van der Waals surface area contributed by atoms with Crippen LogP contribution >= 0.6 is 0 Å². The maximum absolute atomic E-state index is 11.6. The van der Waals surface area contributed by atoms with E-state index in [0.29, 0.717) is 12.1 Å². The lowest BCUT2D eigenvalue weighted by atomic mass is 10.1. The average molecular weight is 218 g/mol. The molecule has 0 radical (unpaired) electrons. The summed E-state index contributed by atoms with van der Waals surface area (Å²) in [6.45, 7) is 5.59. The van der Waals surface area contributed by atoms with Crippen molar-refractivity contribution in [3.63, 3.8) is 0 Å². The van der Waals surface area contributed by atoms with Gasteiger partial charge in [0.15, 0.2) is 0 Å². The van der Waals surface area contributed by atoms with Gasteiger partial charge in [0, 0.05) is 11.7 Å². The van der Waals surface area contributed by atoms with Crippen molar-refractivity contribution in [2.45, 2.75) is 25.8 Å². The molecule has 3 nitrogen and oxygen atoms in total. The van der Waals surface area contributed by atoms with E-state index in [1.807, 2.05) is 31.2 Å². The monoisotopic (exact) mass is 218 g/mol. The summed E-state index contributed by atoms with van der Waals surface area (Å²) in [6.07, 6.45) is 2.95. The van der Waals surface area contributed by atoms with Gasteiger partial charge in [0.1, 0.15) is 0 Å². The second-order valence-electron chi connectivity index (χ2n) is 3.91. The molecule has 1 atom stereocenters. The summed E-state index contributed by atoms with van der Waals surface area (Å²) in [5.74, 6) is 0.0138. The van der Waals surface area contributed by atoms with Crippen molar-refractivity contribution in [1.29, 1.82) is 0 Å². The normalized spacial score (nSPS) is 11.8.